The van der Waals surface area contributed by atoms with Crippen LogP contribution in [0.25, 0.3) is 0 Å². The molecule has 0 aromatic rings. The molecule has 2 aliphatic heterocycles. The number of hydrogen-bond acceptors (Lipinski definition) is 4. The first kappa shape index (κ1) is 24.4. The van der Waals surface area contributed by atoms with Gasteiger partial charge >= 0.3 is 0 Å². The maximum Gasteiger partial charge on any atom is 0.236 e. The van der Waals surface area contributed by atoms with Gasteiger partial charge in [-0.3, -0.25) is 14.5 Å². The highest BCUT2D eigenvalue weighted by molar-refractivity contribution is 5.85. The van der Waals surface area contributed by atoms with Crippen molar-refractivity contribution in [2.75, 3.05) is 52.4 Å². The minimum Gasteiger partial charge on any atom is -0.339 e. The lowest BCUT2D eigenvalue weighted by molar-refractivity contribution is -0.140. The van der Waals surface area contributed by atoms with Crippen LogP contribution in [0, 0.1) is 0 Å². The van der Waals surface area contributed by atoms with Crippen molar-refractivity contribution in [1.82, 2.24) is 14.7 Å². The number of carbonyl (C=O) groups excluding carboxylic acids is 2. The van der Waals surface area contributed by atoms with Gasteiger partial charge in [0, 0.05) is 32.6 Å². The molecule has 148 valence electrons. The first-order valence-electron chi connectivity index (χ1n) is 9.18. The number of unbranched alkanes of at least 4 members (excludes halogenated alkanes) is 3. The molecule has 0 unspecified atom stereocenters. The number of carbonyl (C=O) groups is 2. The van der Waals surface area contributed by atoms with Crippen LogP contribution in [-0.2, 0) is 9.59 Å². The van der Waals surface area contributed by atoms with Gasteiger partial charge in [-0.25, -0.2) is 0 Å². The monoisotopic (exact) mass is 396 g/mol. The number of hydrogen-bond donors (Lipinski definition) is 1. The molecule has 0 aliphatic carbocycles. The lowest BCUT2D eigenvalue weighted by Gasteiger charge is -2.35. The summed E-state index contributed by atoms with van der Waals surface area (Å²) in [6, 6.07) is 0. The van der Waals surface area contributed by atoms with Crippen molar-refractivity contribution in [3.05, 3.63) is 0 Å². The van der Waals surface area contributed by atoms with Gasteiger partial charge in [0.25, 0.3) is 0 Å². The van der Waals surface area contributed by atoms with Crippen LogP contribution in [0.5, 0.6) is 0 Å². The molecule has 2 saturated heterocycles. The highest BCUT2D eigenvalue weighted by atomic mass is 35.5. The molecule has 0 saturated carbocycles. The molecule has 0 aromatic carbocycles. The molecule has 2 aliphatic rings. The van der Waals surface area contributed by atoms with Crippen molar-refractivity contribution in [3.63, 3.8) is 0 Å². The third-order valence-corrected chi connectivity index (χ3v) is 4.89. The zero-order chi connectivity index (χ0) is 16.5. The summed E-state index contributed by atoms with van der Waals surface area (Å²) in [5.74, 6) is 0.463. The summed E-state index contributed by atoms with van der Waals surface area (Å²) in [5.41, 5.74) is 5.47. The van der Waals surface area contributed by atoms with Crippen LogP contribution in [0.1, 0.15) is 44.9 Å². The van der Waals surface area contributed by atoms with Gasteiger partial charge in [-0.05, 0) is 45.3 Å². The van der Waals surface area contributed by atoms with E-state index in [0.29, 0.717) is 39.1 Å². The maximum absolute atomic E-state index is 12.3. The Kier molecular flexibility index (Phi) is 13.3. The Labute approximate surface area is 164 Å². The Bertz CT molecular complexity index is 385. The standard InChI is InChI=1S/C17H32N4O2.2ClH/c18-8-4-2-1-3-7-16(22)20-11-13-21(14-12-20)17(23)15-19-9-5-6-10-19;;/h1-15,18H2;2*1H. The van der Waals surface area contributed by atoms with Crippen molar-refractivity contribution in [1.29, 1.82) is 0 Å². The van der Waals surface area contributed by atoms with E-state index in [1.165, 1.54) is 12.8 Å². The van der Waals surface area contributed by atoms with Crippen LogP contribution >= 0.6 is 24.8 Å². The second-order valence-electron chi connectivity index (χ2n) is 6.70. The number of piperazine rings is 1. The molecule has 6 nitrogen and oxygen atoms in total. The summed E-state index contributed by atoms with van der Waals surface area (Å²) in [4.78, 5) is 30.5. The minimum absolute atomic E-state index is 0. The van der Waals surface area contributed by atoms with E-state index in [4.69, 9.17) is 5.73 Å². The van der Waals surface area contributed by atoms with Crippen LogP contribution in [-0.4, -0.2) is 78.9 Å². The summed E-state index contributed by atoms with van der Waals surface area (Å²) < 4.78 is 0. The quantitative estimate of drug-likeness (QED) is 0.631. The van der Waals surface area contributed by atoms with Crippen LogP contribution in [0.4, 0.5) is 0 Å². The van der Waals surface area contributed by atoms with Crippen LogP contribution in [0.15, 0.2) is 0 Å². The summed E-state index contributed by atoms with van der Waals surface area (Å²) in [6.07, 6.45) is 7.24. The predicted octanol–water partition coefficient (Wildman–Crippen LogP) is 1.51. The Balaban J connectivity index is 0.00000288. The molecular formula is C17H34Cl2N4O2. The normalized spacial score (nSPS) is 17.8. The van der Waals surface area contributed by atoms with E-state index in [2.05, 4.69) is 4.90 Å². The second-order valence-corrected chi connectivity index (χ2v) is 6.70. The summed E-state index contributed by atoms with van der Waals surface area (Å²) in [7, 11) is 0. The lowest BCUT2D eigenvalue weighted by atomic mass is 10.1. The molecule has 0 aromatic heterocycles. The van der Waals surface area contributed by atoms with E-state index in [9.17, 15) is 9.59 Å². The van der Waals surface area contributed by atoms with Gasteiger partial charge in [-0.15, -0.1) is 24.8 Å². The zero-order valence-corrected chi connectivity index (χ0v) is 16.8. The topological polar surface area (TPSA) is 69.9 Å². The predicted molar refractivity (Wildman–Crippen MR) is 105 cm³/mol. The summed E-state index contributed by atoms with van der Waals surface area (Å²) in [5, 5.41) is 0. The maximum atomic E-state index is 12.3. The zero-order valence-electron chi connectivity index (χ0n) is 15.2. The van der Waals surface area contributed by atoms with Gasteiger partial charge in [-0.1, -0.05) is 12.8 Å². The van der Waals surface area contributed by atoms with E-state index in [1.54, 1.807) is 0 Å². The molecule has 2 N–H and O–H groups in total. The Morgan fingerprint density at radius 1 is 0.720 bits per heavy atom. The van der Waals surface area contributed by atoms with E-state index >= 15 is 0 Å². The minimum atomic E-state index is 0. The van der Waals surface area contributed by atoms with Crippen molar-refractivity contribution in [2.45, 2.75) is 44.9 Å². The third-order valence-electron chi connectivity index (χ3n) is 4.89. The van der Waals surface area contributed by atoms with Crippen molar-refractivity contribution in [3.8, 4) is 0 Å². The number of amides is 2. The van der Waals surface area contributed by atoms with Crippen LogP contribution < -0.4 is 5.73 Å². The lowest BCUT2D eigenvalue weighted by Crippen LogP contribution is -2.52. The fourth-order valence-electron chi connectivity index (χ4n) is 3.37. The van der Waals surface area contributed by atoms with Crippen molar-refractivity contribution < 1.29 is 9.59 Å². The molecule has 2 heterocycles. The largest absolute Gasteiger partial charge is 0.339 e. The Morgan fingerprint density at radius 2 is 1.24 bits per heavy atom. The van der Waals surface area contributed by atoms with Crippen LogP contribution in [0.3, 0.4) is 0 Å². The molecule has 0 atom stereocenters. The average Bonchev–Trinajstić information content (AvgIpc) is 3.07. The first-order valence-corrected chi connectivity index (χ1v) is 9.18. The number of nitrogens with two attached hydrogens (primary N) is 1. The molecule has 25 heavy (non-hydrogen) atoms. The molecule has 2 fully saturated rings. The van der Waals surface area contributed by atoms with Gasteiger partial charge in [0.05, 0.1) is 6.54 Å². The van der Waals surface area contributed by atoms with Crippen molar-refractivity contribution in [2.24, 2.45) is 5.73 Å². The SMILES string of the molecule is Cl.Cl.NCCCCCCC(=O)N1CCN(C(=O)CN2CCCC2)CC1. The van der Waals surface area contributed by atoms with Gasteiger partial charge < -0.3 is 15.5 Å². The summed E-state index contributed by atoms with van der Waals surface area (Å²) >= 11 is 0. The van der Waals surface area contributed by atoms with Crippen molar-refractivity contribution >= 4 is 36.6 Å². The Morgan fingerprint density at radius 3 is 1.80 bits per heavy atom. The second kappa shape index (κ2) is 13.6. The number of nitrogens with zero attached hydrogens (tertiary/aromatic N) is 3. The smallest absolute Gasteiger partial charge is 0.236 e. The molecule has 2 rings (SSSR count). The molecule has 2 amide bonds. The molecular weight excluding hydrogens is 363 g/mol. The Hall–Kier alpha value is -0.560. The first-order chi connectivity index (χ1) is 11.2. The molecule has 0 radical (unpaired) electrons. The van der Waals surface area contributed by atoms with Gasteiger partial charge in [0.2, 0.25) is 11.8 Å². The summed E-state index contributed by atoms with van der Waals surface area (Å²) in [6.45, 7) is 6.14. The molecule has 0 bridgehead atoms. The third kappa shape index (κ3) is 8.58. The van der Waals surface area contributed by atoms with E-state index in [1.807, 2.05) is 9.80 Å². The van der Waals surface area contributed by atoms with Gasteiger partial charge in [-0.2, -0.15) is 0 Å². The number of rotatable bonds is 8. The van der Waals surface area contributed by atoms with Crippen LogP contribution in [0.2, 0.25) is 0 Å². The van der Waals surface area contributed by atoms with E-state index < -0.39 is 0 Å². The average molecular weight is 397 g/mol. The molecule has 8 heteroatoms. The number of halogens is 2. The van der Waals surface area contributed by atoms with E-state index in [-0.39, 0.29) is 36.6 Å². The highest BCUT2D eigenvalue weighted by Gasteiger charge is 2.25. The molecule has 0 spiro atoms. The van der Waals surface area contributed by atoms with Gasteiger partial charge in [0.15, 0.2) is 0 Å². The highest BCUT2D eigenvalue weighted by Crippen LogP contribution is 2.11. The van der Waals surface area contributed by atoms with E-state index in [0.717, 1.165) is 45.3 Å². The fourth-order valence-corrected chi connectivity index (χ4v) is 3.37. The number of likely N-dealkylation sites (tertiary alicyclic amines) is 1. The fraction of sp³-hybridized carbons (Fsp3) is 0.882. The van der Waals surface area contributed by atoms with Gasteiger partial charge in [0.1, 0.15) is 0 Å².